The summed E-state index contributed by atoms with van der Waals surface area (Å²) in [7, 11) is -3.40. The minimum atomic E-state index is -3.40. The fourth-order valence-electron chi connectivity index (χ4n) is 2.62. The number of rotatable bonds is 4. The van der Waals surface area contributed by atoms with E-state index < -0.39 is 10.2 Å². The average Bonchev–Trinajstić information content (AvgIpc) is 2.39. The van der Waals surface area contributed by atoms with E-state index in [2.05, 4.69) is 4.72 Å². The van der Waals surface area contributed by atoms with Gasteiger partial charge in [0.05, 0.1) is 0 Å². The summed E-state index contributed by atoms with van der Waals surface area (Å²) in [5.74, 6) is 0. The molecule has 2 rings (SSSR count). The van der Waals surface area contributed by atoms with Gasteiger partial charge in [-0.25, -0.2) is 0 Å². The molecule has 18 heavy (non-hydrogen) atoms. The Labute approximate surface area is 109 Å². The molecular weight excluding hydrogens is 254 g/mol. The highest BCUT2D eigenvalue weighted by molar-refractivity contribution is 7.87. The molecule has 3 N–H and O–H groups in total. The van der Waals surface area contributed by atoms with Gasteiger partial charge in [-0.2, -0.15) is 17.4 Å². The molecule has 0 saturated carbocycles. The molecule has 7 heteroatoms. The lowest BCUT2D eigenvalue weighted by atomic mass is 10.1. The first kappa shape index (κ1) is 14.2. The lowest BCUT2D eigenvalue weighted by molar-refractivity contribution is 0.0825. The van der Waals surface area contributed by atoms with Crippen LogP contribution in [-0.2, 0) is 14.9 Å². The highest BCUT2D eigenvalue weighted by Gasteiger charge is 2.33. The predicted molar refractivity (Wildman–Crippen MR) is 69.3 cm³/mol. The van der Waals surface area contributed by atoms with Gasteiger partial charge < -0.3 is 10.5 Å². The van der Waals surface area contributed by atoms with Crippen molar-refractivity contribution in [3.63, 3.8) is 0 Å². The van der Waals surface area contributed by atoms with Crippen LogP contribution in [0.4, 0.5) is 0 Å². The number of ether oxygens (including phenoxy) is 1. The second kappa shape index (κ2) is 6.29. The van der Waals surface area contributed by atoms with Crippen LogP contribution < -0.4 is 10.5 Å². The quantitative estimate of drug-likeness (QED) is 0.746. The summed E-state index contributed by atoms with van der Waals surface area (Å²) in [5.41, 5.74) is 5.67. The Kier molecular flexibility index (Phi) is 4.97. The van der Waals surface area contributed by atoms with E-state index in [1.807, 2.05) is 0 Å². The second-order valence-electron chi connectivity index (χ2n) is 5.01. The van der Waals surface area contributed by atoms with Crippen molar-refractivity contribution in [2.45, 2.75) is 44.2 Å². The molecule has 1 unspecified atom stereocenters. The van der Waals surface area contributed by atoms with Crippen LogP contribution in [0.5, 0.6) is 0 Å². The zero-order valence-electron chi connectivity index (χ0n) is 10.7. The van der Waals surface area contributed by atoms with Crippen molar-refractivity contribution in [2.24, 2.45) is 5.73 Å². The molecule has 6 nitrogen and oxygen atoms in total. The van der Waals surface area contributed by atoms with Crippen LogP contribution >= 0.6 is 0 Å². The maximum atomic E-state index is 12.3. The molecule has 0 aromatic heterocycles. The average molecular weight is 277 g/mol. The summed E-state index contributed by atoms with van der Waals surface area (Å²) >= 11 is 0. The van der Waals surface area contributed by atoms with Crippen LogP contribution in [0.3, 0.4) is 0 Å². The zero-order valence-corrected chi connectivity index (χ0v) is 11.5. The third-order valence-corrected chi connectivity index (χ3v) is 5.42. The minimum Gasteiger partial charge on any atom is -0.381 e. The topological polar surface area (TPSA) is 84.7 Å². The van der Waals surface area contributed by atoms with Crippen LogP contribution in [0, 0.1) is 0 Å². The van der Waals surface area contributed by atoms with E-state index >= 15 is 0 Å². The summed E-state index contributed by atoms with van der Waals surface area (Å²) in [6, 6.07) is -0.0415. The fraction of sp³-hybridized carbons (Fsp3) is 1.00. The van der Waals surface area contributed by atoms with Gasteiger partial charge in [0, 0.05) is 38.4 Å². The van der Waals surface area contributed by atoms with E-state index in [0.29, 0.717) is 26.3 Å². The molecule has 2 aliphatic rings. The van der Waals surface area contributed by atoms with Gasteiger partial charge >= 0.3 is 0 Å². The standard InChI is InChI=1S/C11H23N3O3S/c12-9-11-3-1-2-6-14(11)18(15,16)13-10-4-7-17-8-5-10/h10-11,13H,1-9,12H2. The first-order valence-electron chi connectivity index (χ1n) is 6.70. The molecule has 2 aliphatic heterocycles. The van der Waals surface area contributed by atoms with Crippen molar-refractivity contribution in [2.75, 3.05) is 26.3 Å². The molecule has 0 amide bonds. The van der Waals surface area contributed by atoms with Gasteiger partial charge in [-0.05, 0) is 25.7 Å². The highest BCUT2D eigenvalue weighted by atomic mass is 32.2. The SMILES string of the molecule is NCC1CCCCN1S(=O)(=O)NC1CCOCC1. The number of nitrogens with one attached hydrogen (secondary N) is 1. The fourth-order valence-corrected chi connectivity index (χ4v) is 4.37. The molecular formula is C11H23N3O3S. The van der Waals surface area contributed by atoms with Gasteiger partial charge in [0.15, 0.2) is 0 Å². The number of nitrogens with two attached hydrogens (primary N) is 1. The van der Waals surface area contributed by atoms with Gasteiger partial charge in [0.1, 0.15) is 0 Å². The normalized spacial score (nSPS) is 28.4. The summed E-state index contributed by atoms with van der Waals surface area (Å²) < 4.78 is 34.3. The zero-order chi connectivity index (χ0) is 13.0. The first-order chi connectivity index (χ1) is 8.63. The third-order valence-electron chi connectivity index (χ3n) is 3.69. The Hall–Kier alpha value is -0.210. The second-order valence-corrected chi connectivity index (χ2v) is 6.66. The Morgan fingerprint density at radius 2 is 1.94 bits per heavy atom. The Bertz CT molecular complexity index is 355. The van der Waals surface area contributed by atoms with Crippen molar-refractivity contribution < 1.29 is 13.2 Å². The molecule has 0 bridgehead atoms. The molecule has 1 atom stereocenters. The molecule has 0 aromatic rings. The van der Waals surface area contributed by atoms with E-state index in [0.717, 1.165) is 32.1 Å². The molecule has 0 aromatic carbocycles. The highest BCUT2D eigenvalue weighted by Crippen LogP contribution is 2.20. The van der Waals surface area contributed by atoms with Crippen LogP contribution in [-0.4, -0.2) is 51.1 Å². The largest absolute Gasteiger partial charge is 0.381 e. The van der Waals surface area contributed by atoms with Crippen molar-refractivity contribution >= 4 is 10.2 Å². The summed E-state index contributed by atoms with van der Waals surface area (Å²) in [5, 5.41) is 0. The lowest BCUT2D eigenvalue weighted by Crippen LogP contribution is -2.54. The van der Waals surface area contributed by atoms with Crippen molar-refractivity contribution in [3.8, 4) is 0 Å². The number of hydrogen-bond acceptors (Lipinski definition) is 4. The Balaban J connectivity index is 1.99. The van der Waals surface area contributed by atoms with Crippen molar-refractivity contribution in [1.29, 1.82) is 0 Å². The van der Waals surface area contributed by atoms with Gasteiger partial charge in [0.25, 0.3) is 10.2 Å². The molecule has 0 spiro atoms. The van der Waals surface area contributed by atoms with E-state index in [1.54, 1.807) is 4.31 Å². The van der Waals surface area contributed by atoms with E-state index in [1.165, 1.54) is 0 Å². The van der Waals surface area contributed by atoms with E-state index in [4.69, 9.17) is 10.5 Å². The molecule has 106 valence electrons. The molecule has 2 fully saturated rings. The Morgan fingerprint density at radius 1 is 1.22 bits per heavy atom. The van der Waals surface area contributed by atoms with Gasteiger partial charge in [-0.15, -0.1) is 0 Å². The van der Waals surface area contributed by atoms with Gasteiger partial charge in [0.2, 0.25) is 0 Å². The van der Waals surface area contributed by atoms with E-state index in [9.17, 15) is 8.42 Å². The number of hydrogen-bond donors (Lipinski definition) is 2. The van der Waals surface area contributed by atoms with E-state index in [-0.39, 0.29) is 12.1 Å². The van der Waals surface area contributed by atoms with Crippen LogP contribution in [0.2, 0.25) is 0 Å². The maximum absolute atomic E-state index is 12.3. The lowest BCUT2D eigenvalue weighted by Gasteiger charge is -2.35. The van der Waals surface area contributed by atoms with Gasteiger partial charge in [-0.1, -0.05) is 6.42 Å². The van der Waals surface area contributed by atoms with Crippen molar-refractivity contribution in [1.82, 2.24) is 9.03 Å². The van der Waals surface area contributed by atoms with Gasteiger partial charge in [-0.3, -0.25) is 0 Å². The number of nitrogens with zero attached hydrogens (tertiary/aromatic N) is 1. The van der Waals surface area contributed by atoms with Crippen LogP contribution in [0.15, 0.2) is 0 Å². The minimum absolute atomic E-state index is 0.00380. The van der Waals surface area contributed by atoms with Crippen LogP contribution in [0.1, 0.15) is 32.1 Å². The summed E-state index contributed by atoms with van der Waals surface area (Å²) in [4.78, 5) is 0. The smallest absolute Gasteiger partial charge is 0.279 e. The molecule has 2 heterocycles. The molecule has 0 radical (unpaired) electrons. The monoisotopic (exact) mass is 277 g/mol. The van der Waals surface area contributed by atoms with Crippen molar-refractivity contribution in [3.05, 3.63) is 0 Å². The third kappa shape index (κ3) is 3.42. The molecule has 2 saturated heterocycles. The summed E-state index contributed by atoms with van der Waals surface area (Å²) in [6.45, 7) is 2.25. The molecule has 0 aliphatic carbocycles. The maximum Gasteiger partial charge on any atom is 0.279 e. The van der Waals surface area contributed by atoms with Crippen LogP contribution in [0.25, 0.3) is 0 Å². The summed E-state index contributed by atoms with van der Waals surface area (Å²) in [6.07, 6.45) is 4.35. The predicted octanol–water partition coefficient (Wildman–Crippen LogP) is -0.187. The Morgan fingerprint density at radius 3 is 2.61 bits per heavy atom. The number of piperidine rings is 1. The first-order valence-corrected chi connectivity index (χ1v) is 8.14.